The van der Waals surface area contributed by atoms with Gasteiger partial charge in [0, 0.05) is 24.9 Å². The van der Waals surface area contributed by atoms with Crippen LogP contribution in [0.15, 0.2) is 30.5 Å². The molecule has 0 bridgehead atoms. The smallest absolute Gasteiger partial charge is 0.258 e. The minimum atomic E-state index is -0.184. The van der Waals surface area contributed by atoms with Gasteiger partial charge in [-0.05, 0) is 44.9 Å². The SMILES string of the molecule is Cc1nc(NC(=O)c2cc(C3CC3)nc3c2c(C)nn3C)sc1-c1ccccn1. The minimum absolute atomic E-state index is 0.184. The molecule has 1 aliphatic carbocycles. The van der Waals surface area contributed by atoms with Gasteiger partial charge in [-0.3, -0.25) is 19.8 Å². The van der Waals surface area contributed by atoms with Gasteiger partial charge < -0.3 is 0 Å². The van der Waals surface area contributed by atoms with Crippen LogP contribution in [0.4, 0.5) is 5.13 Å². The number of pyridine rings is 2. The Morgan fingerprint density at radius 3 is 2.76 bits per heavy atom. The summed E-state index contributed by atoms with van der Waals surface area (Å²) in [5, 5.41) is 8.81. The quantitative estimate of drug-likeness (QED) is 0.550. The standard InChI is InChI=1S/C21H20N6OS/c1-11-17-14(10-16(13-7-8-13)24-19(17)27(3)26-11)20(28)25-21-23-12(2)18(29-21)15-6-4-5-9-22-15/h4-6,9-10,13H,7-8H2,1-3H3,(H,23,25,28). The second-order valence-corrected chi connectivity index (χ2v) is 8.38. The number of carbonyl (C=O) groups is 1. The van der Waals surface area contributed by atoms with Crippen LogP contribution in [0.3, 0.4) is 0 Å². The molecule has 8 heteroatoms. The van der Waals surface area contributed by atoms with Gasteiger partial charge >= 0.3 is 0 Å². The van der Waals surface area contributed by atoms with E-state index in [4.69, 9.17) is 4.98 Å². The first-order valence-corrected chi connectivity index (χ1v) is 10.4. The maximum Gasteiger partial charge on any atom is 0.258 e. The van der Waals surface area contributed by atoms with E-state index in [9.17, 15) is 4.79 Å². The second kappa shape index (κ2) is 6.73. The van der Waals surface area contributed by atoms with Crippen molar-refractivity contribution in [2.75, 3.05) is 5.32 Å². The number of anilines is 1. The zero-order valence-corrected chi connectivity index (χ0v) is 17.2. The zero-order chi connectivity index (χ0) is 20.1. The van der Waals surface area contributed by atoms with Gasteiger partial charge in [0.2, 0.25) is 0 Å². The minimum Gasteiger partial charge on any atom is -0.298 e. The number of nitrogens with zero attached hydrogens (tertiary/aromatic N) is 5. The molecular weight excluding hydrogens is 384 g/mol. The number of hydrogen-bond acceptors (Lipinski definition) is 6. The Kier molecular flexibility index (Phi) is 4.16. The number of hydrogen-bond donors (Lipinski definition) is 1. The summed E-state index contributed by atoms with van der Waals surface area (Å²) in [5.41, 5.74) is 4.83. The van der Waals surface area contributed by atoms with Crippen molar-refractivity contribution < 1.29 is 4.79 Å². The molecule has 0 unspecified atom stereocenters. The third kappa shape index (κ3) is 3.19. The van der Waals surface area contributed by atoms with Crippen LogP contribution >= 0.6 is 11.3 Å². The maximum atomic E-state index is 13.2. The first kappa shape index (κ1) is 17.9. The summed E-state index contributed by atoms with van der Waals surface area (Å²) >= 11 is 1.43. The number of aryl methyl sites for hydroxylation is 3. The highest BCUT2D eigenvalue weighted by Gasteiger charge is 2.28. The van der Waals surface area contributed by atoms with Crippen LogP contribution in [0.1, 0.15) is 46.2 Å². The largest absolute Gasteiger partial charge is 0.298 e. The van der Waals surface area contributed by atoms with Crippen molar-refractivity contribution >= 4 is 33.4 Å². The first-order chi connectivity index (χ1) is 14.0. The number of nitrogens with one attached hydrogen (secondary N) is 1. The average molecular weight is 404 g/mol. The van der Waals surface area contributed by atoms with Gasteiger partial charge in [0.15, 0.2) is 10.8 Å². The van der Waals surface area contributed by atoms with Crippen molar-refractivity contribution in [3.05, 3.63) is 53.1 Å². The molecule has 0 spiro atoms. The topological polar surface area (TPSA) is 85.6 Å². The Balaban J connectivity index is 1.52. The lowest BCUT2D eigenvalue weighted by atomic mass is 10.1. The van der Waals surface area contributed by atoms with Crippen molar-refractivity contribution in [1.29, 1.82) is 0 Å². The number of thiazole rings is 1. The number of carbonyl (C=O) groups excluding carboxylic acids is 1. The van der Waals surface area contributed by atoms with Crippen molar-refractivity contribution in [3.8, 4) is 10.6 Å². The molecule has 1 N–H and O–H groups in total. The van der Waals surface area contributed by atoms with E-state index in [-0.39, 0.29) is 5.91 Å². The molecule has 4 aromatic rings. The molecule has 29 heavy (non-hydrogen) atoms. The summed E-state index contributed by atoms with van der Waals surface area (Å²) in [6.45, 7) is 3.83. The molecule has 1 saturated carbocycles. The van der Waals surface area contributed by atoms with Crippen molar-refractivity contribution in [2.45, 2.75) is 32.6 Å². The van der Waals surface area contributed by atoms with Crippen LogP contribution in [-0.4, -0.2) is 30.6 Å². The van der Waals surface area contributed by atoms with Gasteiger partial charge in [0.05, 0.1) is 32.9 Å². The summed E-state index contributed by atoms with van der Waals surface area (Å²) in [7, 11) is 1.87. The molecule has 0 radical (unpaired) electrons. The number of rotatable bonds is 4. The predicted octanol–water partition coefficient (Wildman–Crippen LogP) is 4.23. The number of fused-ring (bicyclic) bond motifs is 1. The Labute approximate surface area is 171 Å². The Bertz CT molecular complexity index is 1240. The van der Waals surface area contributed by atoms with Crippen LogP contribution < -0.4 is 5.32 Å². The van der Waals surface area contributed by atoms with Gasteiger partial charge in [-0.25, -0.2) is 9.97 Å². The van der Waals surface area contributed by atoms with Gasteiger partial charge in [-0.1, -0.05) is 17.4 Å². The Morgan fingerprint density at radius 2 is 2.03 bits per heavy atom. The Hall–Kier alpha value is -3.13. The Morgan fingerprint density at radius 1 is 1.21 bits per heavy atom. The van der Waals surface area contributed by atoms with E-state index in [1.165, 1.54) is 11.3 Å². The highest BCUT2D eigenvalue weighted by molar-refractivity contribution is 7.19. The van der Waals surface area contributed by atoms with Crippen LogP contribution in [0, 0.1) is 13.8 Å². The molecule has 5 rings (SSSR count). The highest BCUT2D eigenvalue weighted by atomic mass is 32.1. The number of amides is 1. The van der Waals surface area contributed by atoms with Gasteiger partial charge in [0.1, 0.15) is 0 Å². The van der Waals surface area contributed by atoms with E-state index >= 15 is 0 Å². The number of aromatic nitrogens is 5. The molecule has 0 atom stereocenters. The molecule has 4 aromatic heterocycles. The van der Waals surface area contributed by atoms with Crippen molar-refractivity contribution in [1.82, 2.24) is 24.7 Å². The maximum absolute atomic E-state index is 13.2. The van der Waals surface area contributed by atoms with Gasteiger partial charge in [0.25, 0.3) is 5.91 Å². The van der Waals surface area contributed by atoms with Crippen molar-refractivity contribution in [2.24, 2.45) is 7.05 Å². The molecule has 1 amide bonds. The fraction of sp³-hybridized carbons (Fsp3) is 0.286. The van der Waals surface area contributed by atoms with E-state index < -0.39 is 0 Å². The summed E-state index contributed by atoms with van der Waals surface area (Å²) in [6, 6.07) is 7.69. The zero-order valence-electron chi connectivity index (χ0n) is 16.4. The summed E-state index contributed by atoms with van der Waals surface area (Å²) in [6.07, 6.45) is 4.00. The van der Waals surface area contributed by atoms with Gasteiger partial charge in [-0.2, -0.15) is 5.10 Å². The normalized spacial score (nSPS) is 13.8. The van der Waals surface area contributed by atoms with Gasteiger partial charge in [-0.15, -0.1) is 0 Å². The van der Waals surface area contributed by atoms with E-state index in [1.54, 1.807) is 10.9 Å². The van der Waals surface area contributed by atoms with E-state index in [1.807, 2.05) is 45.2 Å². The van der Waals surface area contributed by atoms with Crippen LogP contribution in [0.25, 0.3) is 21.6 Å². The molecule has 0 saturated heterocycles. The van der Waals surface area contributed by atoms with Crippen LogP contribution in [0.2, 0.25) is 0 Å². The lowest BCUT2D eigenvalue weighted by Gasteiger charge is -2.07. The third-order valence-corrected chi connectivity index (χ3v) is 6.24. The summed E-state index contributed by atoms with van der Waals surface area (Å²) in [4.78, 5) is 27.9. The summed E-state index contributed by atoms with van der Waals surface area (Å²) < 4.78 is 1.75. The molecule has 0 aliphatic heterocycles. The molecule has 7 nitrogen and oxygen atoms in total. The van der Waals surface area contributed by atoms with E-state index in [0.717, 1.165) is 51.5 Å². The van der Waals surface area contributed by atoms with E-state index in [0.29, 0.717) is 16.6 Å². The second-order valence-electron chi connectivity index (χ2n) is 7.38. The molecule has 0 aromatic carbocycles. The monoisotopic (exact) mass is 404 g/mol. The molecular formula is C21H20N6OS. The van der Waals surface area contributed by atoms with Crippen molar-refractivity contribution in [3.63, 3.8) is 0 Å². The average Bonchev–Trinajstić information content (AvgIpc) is 3.44. The third-order valence-electron chi connectivity index (χ3n) is 5.14. The highest BCUT2D eigenvalue weighted by Crippen LogP contribution is 2.40. The van der Waals surface area contributed by atoms with E-state index in [2.05, 4.69) is 20.4 Å². The fourth-order valence-corrected chi connectivity index (χ4v) is 4.52. The molecule has 1 aliphatic rings. The lowest BCUT2D eigenvalue weighted by Crippen LogP contribution is -2.13. The fourth-order valence-electron chi connectivity index (χ4n) is 3.58. The predicted molar refractivity (Wildman–Crippen MR) is 113 cm³/mol. The lowest BCUT2D eigenvalue weighted by molar-refractivity contribution is 0.102. The molecule has 1 fully saturated rings. The molecule has 4 heterocycles. The molecule has 146 valence electrons. The first-order valence-electron chi connectivity index (χ1n) is 9.55. The van der Waals surface area contributed by atoms with Crippen LogP contribution in [-0.2, 0) is 7.05 Å². The van der Waals surface area contributed by atoms with Crippen LogP contribution in [0.5, 0.6) is 0 Å². The summed E-state index contributed by atoms with van der Waals surface area (Å²) in [5.74, 6) is 0.260.